The van der Waals surface area contributed by atoms with Gasteiger partial charge in [0.25, 0.3) is 11.1 Å². The molecule has 2 aromatic carbocycles. The van der Waals surface area contributed by atoms with Gasteiger partial charge in [0.2, 0.25) is 5.91 Å². The third-order valence-corrected chi connectivity index (χ3v) is 6.75. The van der Waals surface area contributed by atoms with Crippen molar-refractivity contribution in [3.63, 3.8) is 0 Å². The van der Waals surface area contributed by atoms with Crippen molar-refractivity contribution in [1.29, 1.82) is 0 Å². The second-order valence-corrected chi connectivity index (χ2v) is 9.27. The average molecular weight is 519 g/mol. The fraction of sp³-hybridized carbons (Fsp3) is 0.261. The molecule has 0 saturated carbocycles. The van der Waals surface area contributed by atoms with Crippen molar-refractivity contribution >= 4 is 50.8 Å². The van der Waals surface area contributed by atoms with Crippen molar-refractivity contribution in [3.05, 3.63) is 68.8 Å². The number of amides is 3. The largest absolute Gasteiger partial charge is 0.488 e. The molecule has 2 heterocycles. The first kappa shape index (κ1) is 22.5. The van der Waals surface area contributed by atoms with Gasteiger partial charge in [-0.1, -0.05) is 24.3 Å². The summed E-state index contributed by atoms with van der Waals surface area (Å²) in [7, 11) is 0. The minimum Gasteiger partial charge on any atom is -0.488 e. The predicted octanol–water partition coefficient (Wildman–Crippen LogP) is 4.83. The van der Waals surface area contributed by atoms with Crippen LogP contribution in [0.4, 0.5) is 9.18 Å². The lowest BCUT2D eigenvalue weighted by molar-refractivity contribution is -0.135. The van der Waals surface area contributed by atoms with E-state index in [-0.39, 0.29) is 29.8 Å². The minimum atomic E-state index is -0.469. The third-order valence-electron chi connectivity index (χ3n) is 5.22. The van der Waals surface area contributed by atoms with Crippen molar-refractivity contribution in [1.82, 2.24) is 9.80 Å². The quantitative estimate of drug-likeness (QED) is 0.512. The van der Waals surface area contributed by atoms with E-state index in [4.69, 9.17) is 4.74 Å². The molecule has 0 spiro atoms. The SMILES string of the molecule is O=C(CN1C(=O)S/C(=C/c2ccc(OCc3ccccc3F)c(Br)c2)C1=O)N1CCCC1. The van der Waals surface area contributed by atoms with Crippen LogP contribution in [0, 0.1) is 5.82 Å². The highest BCUT2D eigenvalue weighted by atomic mass is 79.9. The maximum Gasteiger partial charge on any atom is 0.294 e. The number of nitrogens with zero attached hydrogens (tertiary/aromatic N) is 2. The molecule has 2 saturated heterocycles. The van der Waals surface area contributed by atoms with E-state index in [2.05, 4.69) is 15.9 Å². The van der Waals surface area contributed by atoms with Crippen LogP contribution in [0.1, 0.15) is 24.0 Å². The van der Waals surface area contributed by atoms with E-state index >= 15 is 0 Å². The molecule has 0 aromatic heterocycles. The average Bonchev–Trinajstić information content (AvgIpc) is 3.39. The van der Waals surface area contributed by atoms with Crippen LogP contribution in [0.2, 0.25) is 0 Å². The second kappa shape index (κ2) is 9.87. The molecule has 0 aliphatic carbocycles. The van der Waals surface area contributed by atoms with E-state index in [1.54, 1.807) is 47.4 Å². The summed E-state index contributed by atoms with van der Waals surface area (Å²) in [6.07, 6.45) is 3.50. The molecule has 166 valence electrons. The van der Waals surface area contributed by atoms with Crippen LogP contribution in [-0.4, -0.2) is 46.5 Å². The molecule has 6 nitrogen and oxygen atoms in total. The number of ether oxygens (including phenoxy) is 1. The molecular formula is C23H20BrFN2O4S. The first-order valence-electron chi connectivity index (χ1n) is 10.1. The van der Waals surface area contributed by atoms with Gasteiger partial charge in [-0.2, -0.15) is 0 Å². The fourth-order valence-corrected chi connectivity index (χ4v) is 4.83. The number of thioether (sulfide) groups is 1. The fourth-order valence-electron chi connectivity index (χ4n) is 3.48. The summed E-state index contributed by atoms with van der Waals surface area (Å²) in [5.74, 6) is -0.484. The van der Waals surface area contributed by atoms with E-state index in [1.165, 1.54) is 6.07 Å². The predicted molar refractivity (Wildman–Crippen MR) is 123 cm³/mol. The maximum absolute atomic E-state index is 13.8. The van der Waals surface area contributed by atoms with E-state index in [0.29, 0.717) is 34.4 Å². The smallest absolute Gasteiger partial charge is 0.294 e. The molecular weight excluding hydrogens is 499 g/mol. The Labute approximate surface area is 197 Å². The molecule has 2 aliphatic rings. The Hall–Kier alpha value is -2.65. The second-order valence-electron chi connectivity index (χ2n) is 7.43. The molecule has 4 rings (SSSR count). The van der Waals surface area contributed by atoms with Crippen molar-refractivity contribution in [3.8, 4) is 5.75 Å². The zero-order chi connectivity index (χ0) is 22.7. The number of rotatable bonds is 6. The highest BCUT2D eigenvalue weighted by Crippen LogP contribution is 2.34. The summed E-state index contributed by atoms with van der Waals surface area (Å²) in [6, 6.07) is 11.6. The van der Waals surface area contributed by atoms with Crippen LogP contribution in [0.25, 0.3) is 6.08 Å². The first-order valence-corrected chi connectivity index (χ1v) is 11.7. The highest BCUT2D eigenvalue weighted by Gasteiger charge is 2.37. The zero-order valence-electron chi connectivity index (χ0n) is 17.1. The highest BCUT2D eigenvalue weighted by molar-refractivity contribution is 9.10. The maximum atomic E-state index is 13.8. The van der Waals surface area contributed by atoms with Crippen LogP contribution in [0.5, 0.6) is 5.75 Å². The lowest BCUT2D eigenvalue weighted by Crippen LogP contribution is -2.40. The van der Waals surface area contributed by atoms with Gasteiger partial charge in [0.05, 0.1) is 9.38 Å². The molecule has 2 aromatic rings. The monoisotopic (exact) mass is 518 g/mol. The molecule has 3 amide bonds. The summed E-state index contributed by atoms with van der Waals surface area (Å²) < 4.78 is 20.1. The molecule has 2 fully saturated rings. The van der Waals surface area contributed by atoms with Crippen LogP contribution >= 0.6 is 27.7 Å². The van der Waals surface area contributed by atoms with Crippen LogP contribution in [0.15, 0.2) is 51.8 Å². The first-order chi connectivity index (χ1) is 15.4. The number of imide groups is 1. The van der Waals surface area contributed by atoms with Crippen molar-refractivity contribution in [2.45, 2.75) is 19.4 Å². The Morgan fingerprint density at radius 1 is 1.16 bits per heavy atom. The number of benzene rings is 2. The molecule has 0 radical (unpaired) electrons. The number of halogens is 2. The Balaban J connectivity index is 1.42. The van der Waals surface area contributed by atoms with Crippen molar-refractivity contribution < 1.29 is 23.5 Å². The van der Waals surface area contributed by atoms with Gasteiger partial charge >= 0.3 is 0 Å². The van der Waals surface area contributed by atoms with Crippen molar-refractivity contribution in [2.75, 3.05) is 19.6 Å². The Morgan fingerprint density at radius 2 is 1.91 bits per heavy atom. The molecule has 0 bridgehead atoms. The molecule has 0 atom stereocenters. The van der Waals surface area contributed by atoms with Gasteiger partial charge in [-0.3, -0.25) is 19.3 Å². The van der Waals surface area contributed by atoms with E-state index in [1.807, 2.05) is 0 Å². The van der Waals surface area contributed by atoms with Crippen LogP contribution < -0.4 is 4.74 Å². The van der Waals surface area contributed by atoms with Crippen molar-refractivity contribution in [2.24, 2.45) is 0 Å². The normalized spacial score (nSPS) is 17.5. The lowest BCUT2D eigenvalue weighted by Gasteiger charge is -2.18. The summed E-state index contributed by atoms with van der Waals surface area (Å²) >= 11 is 4.25. The molecule has 9 heteroatoms. The standard InChI is InChI=1S/C23H20BrFN2O4S/c24-17-11-15(7-8-19(17)31-14-16-5-1-2-6-18(16)25)12-20-22(29)27(23(30)32-20)13-21(28)26-9-3-4-10-26/h1-2,5-8,11-12H,3-4,9-10,13-14H2/b20-12+. The van der Waals surface area contributed by atoms with Gasteiger partial charge in [-0.25, -0.2) is 4.39 Å². The minimum absolute atomic E-state index is 0.0779. The van der Waals surface area contributed by atoms with Crippen LogP contribution in [-0.2, 0) is 16.2 Å². The topological polar surface area (TPSA) is 66.9 Å². The summed E-state index contributed by atoms with van der Waals surface area (Å²) in [6.45, 7) is 1.19. The number of hydrogen-bond acceptors (Lipinski definition) is 5. The zero-order valence-corrected chi connectivity index (χ0v) is 19.5. The number of likely N-dealkylation sites (tertiary alicyclic amines) is 1. The van der Waals surface area contributed by atoms with E-state index < -0.39 is 11.1 Å². The summed E-state index contributed by atoms with van der Waals surface area (Å²) in [4.78, 5) is 40.3. The lowest BCUT2D eigenvalue weighted by atomic mass is 10.2. The van der Waals surface area contributed by atoms with Gasteiger partial charge in [0.15, 0.2) is 0 Å². The summed E-state index contributed by atoms with van der Waals surface area (Å²) in [5.41, 5.74) is 1.13. The number of carbonyl (C=O) groups excluding carboxylic acids is 3. The Bertz CT molecular complexity index is 1100. The van der Waals surface area contributed by atoms with Gasteiger partial charge in [-0.05, 0) is 70.4 Å². The van der Waals surface area contributed by atoms with E-state index in [0.717, 1.165) is 29.5 Å². The number of carbonyl (C=O) groups is 3. The number of hydrogen-bond donors (Lipinski definition) is 0. The molecule has 32 heavy (non-hydrogen) atoms. The van der Waals surface area contributed by atoms with Gasteiger partial charge in [-0.15, -0.1) is 0 Å². The van der Waals surface area contributed by atoms with Crippen LogP contribution in [0.3, 0.4) is 0 Å². The van der Waals surface area contributed by atoms with Gasteiger partial charge < -0.3 is 9.64 Å². The molecule has 0 N–H and O–H groups in total. The van der Waals surface area contributed by atoms with Gasteiger partial charge in [0.1, 0.15) is 24.7 Å². The van der Waals surface area contributed by atoms with E-state index in [9.17, 15) is 18.8 Å². The summed E-state index contributed by atoms with van der Waals surface area (Å²) in [5, 5.41) is -0.447. The Morgan fingerprint density at radius 3 is 2.62 bits per heavy atom. The Kier molecular flexibility index (Phi) is 6.95. The van der Waals surface area contributed by atoms with Gasteiger partial charge in [0, 0.05) is 18.7 Å². The third kappa shape index (κ3) is 5.05. The molecule has 2 aliphatic heterocycles. The molecule has 0 unspecified atom stereocenters.